The van der Waals surface area contributed by atoms with Crippen molar-refractivity contribution in [1.82, 2.24) is 0 Å². The summed E-state index contributed by atoms with van der Waals surface area (Å²) in [7, 11) is -2.05. The first-order valence-corrected chi connectivity index (χ1v) is 13.2. The van der Waals surface area contributed by atoms with Gasteiger partial charge in [0.2, 0.25) is 9.04 Å². The van der Waals surface area contributed by atoms with Gasteiger partial charge in [-0.1, -0.05) is 107 Å². The molecule has 3 rings (SSSR count). The number of carbonyl (C=O) groups is 1. The fraction of sp³-hybridized carbons (Fsp3) is 0.444. The second kappa shape index (κ2) is 10.9. The highest BCUT2D eigenvalue weighted by molar-refractivity contribution is 6.80. The Labute approximate surface area is 189 Å². The first-order chi connectivity index (χ1) is 14.9. The highest BCUT2D eigenvalue weighted by atomic mass is 28.3. The van der Waals surface area contributed by atoms with Crippen LogP contribution in [0.2, 0.25) is 0 Å². The molecule has 0 aromatic heterocycles. The fourth-order valence-electron chi connectivity index (χ4n) is 4.33. The monoisotopic (exact) mass is 436 g/mol. The summed E-state index contributed by atoms with van der Waals surface area (Å²) in [6.45, 7) is 8.74. The Morgan fingerprint density at radius 1 is 0.968 bits per heavy atom. The van der Waals surface area contributed by atoms with E-state index < -0.39 is 15.1 Å². The van der Waals surface area contributed by atoms with Crippen LogP contribution in [-0.2, 0) is 14.0 Å². The van der Waals surface area contributed by atoms with Crippen molar-refractivity contribution in [3.8, 4) is 0 Å². The van der Waals surface area contributed by atoms with Crippen LogP contribution in [0.3, 0.4) is 0 Å². The minimum absolute atomic E-state index is 0.0233. The molecule has 3 nitrogen and oxygen atoms in total. The molecule has 2 aromatic carbocycles. The first kappa shape index (κ1) is 23.5. The van der Waals surface area contributed by atoms with E-state index in [-0.39, 0.29) is 23.4 Å². The van der Waals surface area contributed by atoms with E-state index in [2.05, 4.69) is 64.1 Å². The van der Waals surface area contributed by atoms with Crippen molar-refractivity contribution in [1.29, 1.82) is 0 Å². The van der Waals surface area contributed by atoms with Gasteiger partial charge < -0.3 is 9.16 Å². The topological polar surface area (TPSA) is 35.5 Å². The van der Waals surface area contributed by atoms with Gasteiger partial charge in [0, 0.05) is 5.92 Å². The fourth-order valence-corrected chi connectivity index (χ4v) is 6.75. The molecule has 3 atom stereocenters. The van der Waals surface area contributed by atoms with Crippen LogP contribution in [-0.4, -0.2) is 27.2 Å². The van der Waals surface area contributed by atoms with Crippen molar-refractivity contribution in [2.75, 3.05) is 0 Å². The van der Waals surface area contributed by atoms with E-state index in [9.17, 15) is 4.79 Å². The lowest BCUT2D eigenvalue weighted by molar-refractivity contribution is -0.145. The molecule has 0 aliphatic carbocycles. The number of rotatable bonds is 9. The molecule has 1 aliphatic heterocycles. The molecule has 0 radical (unpaired) electrons. The lowest BCUT2D eigenvalue weighted by atomic mass is 9.75. The Kier molecular flexibility index (Phi) is 8.27. The van der Waals surface area contributed by atoms with E-state index in [0.717, 1.165) is 6.42 Å². The molecule has 1 heterocycles. The summed E-state index contributed by atoms with van der Waals surface area (Å²) >= 11 is 0. The van der Waals surface area contributed by atoms with Gasteiger partial charge in [-0.25, -0.2) is 4.79 Å². The van der Waals surface area contributed by atoms with Crippen molar-refractivity contribution in [2.24, 2.45) is 11.3 Å². The van der Waals surface area contributed by atoms with Gasteiger partial charge in [0.25, 0.3) is 0 Å². The molecule has 0 N–H and O–H groups in total. The van der Waals surface area contributed by atoms with Gasteiger partial charge in [-0.3, -0.25) is 0 Å². The Morgan fingerprint density at radius 2 is 1.55 bits per heavy atom. The first-order valence-electron chi connectivity index (χ1n) is 11.5. The highest BCUT2D eigenvalue weighted by Gasteiger charge is 2.50. The van der Waals surface area contributed by atoms with Crippen LogP contribution in [0.25, 0.3) is 0 Å². The number of ether oxygens (including phenoxy) is 1. The summed E-state index contributed by atoms with van der Waals surface area (Å²) in [6, 6.07) is 20.6. The lowest BCUT2D eigenvalue weighted by Crippen LogP contribution is -2.51. The molecule has 0 saturated carbocycles. The molecule has 1 fully saturated rings. The van der Waals surface area contributed by atoms with Crippen LogP contribution in [0.15, 0.2) is 72.8 Å². The summed E-state index contributed by atoms with van der Waals surface area (Å²) in [5, 5.41) is 2.35. The Balaban J connectivity index is 1.86. The molecule has 4 heteroatoms. The van der Waals surface area contributed by atoms with Gasteiger partial charge in [-0.15, -0.1) is 0 Å². The average Bonchev–Trinajstić information content (AvgIpc) is 3.08. The molecule has 0 spiro atoms. The van der Waals surface area contributed by atoms with Gasteiger partial charge in [-0.2, -0.15) is 0 Å². The molecule has 3 unspecified atom stereocenters. The van der Waals surface area contributed by atoms with Crippen LogP contribution in [0.4, 0.5) is 0 Å². The minimum atomic E-state index is -2.05. The van der Waals surface area contributed by atoms with E-state index in [1.54, 1.807) is 0 Å². The zero-order chi connectivity index (χ0) is 22.3. The third-order valence-corrected chi connectivity index (χ3v) is 8.50. The summed E-state index contributed by atoms with van der Waals surface area (Å²) < 4.78 is 12.6. The number of carbonyl (C=O) groups excluding carboxylic acids is 1. The molecule has 1 saturated heterocycles. The van der Waals surface area contributed by atoms with Crippen molar-refractivity contribution < 1.29 is 14.0 Å². The summed E-state index contributed by atoms with van der Waals surface area (Å²) in [5.74, 6) is -0.252. The van der Waals surface area contributed by atoms with E-state index in [0.29, 0.717) is 0 Å². The molecule has 1 aliphatic rings. The zero-order valence-corrected chi connectivity index (χ0v) is 20.4. The summed E-state index contributed by atoms with van der Waals surface area (Å²) in [5.41, 5.74) is -0.123. The third-order valence-electron chi connectivity index (χ3n) is 5.95. The van der Waals surface area contributed by atoms with E-state index >= 15 is 0 Å². The minimum Gasteiger partial charge on any atom is -0.456 e. The van der Waals surface area contributed by atoms with Gasteiger partial charge in [0.05, 0.1) is 0 Å². The predicted molar refractivity (Wildman–Crippen MR) is 130 cm³/mol. The molecule has 2 aromatic rings. The quantitative estimate of drug-likeness (QED) is 0.249. The van der Waals surface area contributed by atoms with Crippen LogP contribution in [0, 0.1) is 11.3 Å². The lowest BCUT2D eigenvalue weighted by Gasteiger charge is -2.33. The largest absolute Gasteiger partial charge is 0.456 e. The number of hydrogen-bond acceptors (Lipinski definition) is 3. The van der Waals surface area contributed by atoms with Gasteiger partial charge >= 0.3 is 5.97 Å². The Hall–Kier alpha value is -2.17. The predicted octanol–water partition coefficient (Wildman–Crippen LogP) is 4.63. The maximum Gasteiger partial charge on any atom is 0.335 e. The molecule has 166 valence electrons. The molecule has 31 heavy (non-hydrogen) atoms. The zero-order valence-electron chi connectivity index (χ0n) is 19.3. The number of hydrogen-bond donors (Lipinski definition) is 0. The standard InChI is InChI=1S/C27H36O3Si/c1-5-6-7-8-15-20-23-24(27(2,3)4)25(26(28)29-23)30-31(21-16-11-9-12-17-21)22-18-13-10-14-19-22/h9-20,23-25,31H,5-8H2,1-4H3. The normalized spacial score (nSPS) is 21.7. The molecular formula is C27H36O3Si. The third kappa shape index (κ3) is 6.17. The number of unbranched alkanes of at least 4 members (excludes halogenated alkanes) is 3. The van der Waals surface area contributed by atoms with E-state index in [4.69, 9.17) is 9.16 Å². The van der Waals surface area contributed by atoms with Crippen LogP contribution >= 0.6 is 0 Å². The summed E-state index contributed by atoms with van der Waals surface area (Å²) in [4.78, 5) is 13.0. The smallest absolute Gasteiger partial charge is 0.335 e. The Morgan fingerprint density at radius 3 is 2.06 bits per heavy atom. The SMILES string of the molecule is CCCCCC=CC1OC(=O)C(O[SiH](c2ccccc2)c2ccccc2)C1C(C)(C)C. The van der Waals surface area contributed by atoms with Crippen LogP contribution < -0.4 is 10.4 Å². The number of allylic oxidation sites excluding steroid dienone is 1. The van der Waals surface area contributed by atoms with Crippen molar-refractivity contribution in [2.45, 2.75) is 65.6 Å². The van der Waals surface area contributed by atoms with E-state index in [1.807, 2.05) is 36.4 Å². The van der Waals surface area contributed by atoms with Crippen molar-refractivity contribution >= 4 is 25.4 Å². The number of benzene rings is 2. The maximum atomic E-state index is 13.0. The van der Waals surface area contributed by atoms with E-state index in [1.165, 1.54) is 29.6 Å². The Bertz CT molecular complexity index is 802. The average molecular weight is 437 g/mol. The highest BCUT2D eigenvalue weighted by Crippen LogP contribution is 2.40. The number of esters is 1. The van der Waals surface area contributed by atoms with Crippen molar-refractivity contribution in [3.63, 3.8) is 0 Å². The summed E-state index contributed by atoms with van der Waals surface area (Å²) in [6.07, 6.45) is 8.11. The number of cyclic esters (lactones) is 1. The molecule has 0 bridgehead atoms. The molecule has 0 amide bonds. The van der Waals surface area contributed by atoms with Crippen LogP contribution in [0.1, 0.15) is 53.4 Å². The molecular weight excluding hydrogens is 400 g/mol. The van der Waals surface area contributed by atoms with Gasteiger partial charge in [0.1, 0.15) is 6.10 Å². The van der Waals surface area contributed by atoms with Gasteiger partial charge in [-0.05, 0) is 34.7 Å². The van der Waals surface area contributed by atoms with Gasteiger partial charge in [0.15, 0.2) is 6.10 Å². The second-order valence-electron chi connectivity index (χ2n) is 9.48. The van der Waals surface area contributed by atoms with Crippen molar-refractivity contribution in [3.05, 3.63) is 72.8 Å². The maximum absolute atomic E-state index is 13.0. The van der Waals surface area contributed by atoms with Crippen LogP contribution in [0.5, 0.6) is 0 Å². The second-order valence-corrected chi connectivity index (χ2v) is 11.8.